The largest absolute Gasteiger partial charge is 0.474 e. The smallest absolute Gasteiger partial charge is 0.427 e. The first-order chi connectivity index (χ1) is 9.40. The predicted molar refractivity (Wildman–Crippen MR) is 86.7 cm³/mol. The Morgan fingerprint density at radius 3 is 2.85 bits per heavy atom. The van der Waals surface area contributed by atoms with Gasteiger partial charge in [0, 0.05) is 3.57 Å². The topological polar surface area (TPSA) is 73.1 Å². The molecule has 1 aliphatic heterocycles. The number of carbonyl (C=O) groups is 1. The van der Waals surface area contributed by atoms with Crippen LogP contribution in [-0.2, 0) is 4.79 Å². The van der Waals surface area contributed by atoms with Crippen molar-refractivity contribution in [1.82, 2.24) is 4.92 Å². The maximum atomic E-state index is 12.1. The molecule has 1 amide bonds. The summed E-state index contributed by atoms with van der Waals surface area (Å²) >= 11 is 2.18. The van der Waals surface area contributed by atoms with Gasteiger partial charge in [0.25, 0.3) is 0 Å². The highest BCUT2D eigenvalue weighted by Gasteiger charge is 2.34. The number of rotatable bonds is 3. The van der Waals surface area contributed by atoms with Gasteiger partial charge in [0.1, 0.15) is 0 Å². The van der Waals surface area contributed by atoms with Crippen molar-refractivity contribution in [2.24, 2.45) is 11.0 Å². The van der Waals surface area contributed by atoms with Crippen LogP contribution in [0.1, 0.15) is 25.8 Å². The molecule has 2 rings (SSSR count). The van der Waals surface area contributed by atoms with Crippen LogP contribution in [-0.4, -0.2) is 40.3 Å². The van der Waals surface area contributed by atoms with Gasteiger partial charge in [-0.2, -0.15) is 5.10 Å². The lowest BCUT2D eigenvalue weighted by molar-refractivity contribution is -0.130. The number of fused-ring (bicyclic) bond motifs is 1. The molecular weight excluding hydrogens is 370 g/mol. The summed E-state index contributed by atoms with van der Waals surface area (Å²) in [6.07, 6.45) is 0.776. The zero-order valence-corrected chi connectivity index (χ0v) is 13.5. The number of aliphatic hydroxyl groups is 1. The Hall–Kier alpha value is -0.925. The summed E-state index contributed by atoms with van der Waals surface area (Å²) in [6.45, 7) is 3.68. The minimum Gasteiger partial charge on any atom is -0.427 e. The van der Waals surface area contributed by atoms with E-state index in [-0.39, 0.29) is 18.2 Å². The molecule has 1 aliphatic rings. The van der Waals surface area contributed by atoms with Crippen molar-refractivity contribution >= 4 is 47.2 Å². The molecule has 1 aromatic carbocycles. The number of carbonyl (C=O) groups excluding carboxylic acids is 1. The Bertz CT molecular complexity index is 550. The van der Waals surface area contributed by atoms with Gasteiger partial charge in [-0.25, -0.2) is 4.92 Å². The van der Waals surface area contributed by atoms with Crippen molar-refractivity contribution in [3.63, 3.8) is 0 Å². The second kappa shape index (κ2) is 6.23. The van der Waals surface area contributed by atoms with Crippen LogP contribution >= 0.6 is 22.6 Å². The lowest BCUT2D eigenvalue weighted by atomic mass is 9.69. The summed E-state index contributed by atoms with van der Waals surface area (Å²) in [5, 5.41) is 24.0. The highest BCUT2D eigenvalue weighted by Crippen LogP contribution is 2.13. The normalized spacial score (nSPS) is 15.5. The molecule has 1 unspecified atom stereocenters. The lowest BCUT2D eigenvalue weighted by Gasteiger charge is -2.26. The Morgan fingerprint density at radius 2 is 2.20 bits per heavy atom. The van der Waals surface area contributed by atoms with Crippen molar-refractivity contribution in [2.75, 3.05) is 0 Å². The van der Waals surface area contributed by atoms with Crippen molar-refractivity contribution in [1.29, 1.82) is 0 Å². The molecule has 106 valence electrons. The molecule has 1 aromatic rings. The van der Waals surface area contributed by atoms with Crippen LogP contribution in [0.5, 0.6) is 0 Å². The predicted octanol–water partition coefficient (Wildman–Crippen LogP) is 0.562. The first-order valence-electron chi connectivity index (χ1n) is 6.41. The lowest BCUT2D eigenvalue weighted by Crippen LogP contribution is -2.53. The van der Waals surface area contributed by atoms with E-state index in [1.165, 1.54) is 0 Å². The van der Waals surface area contributed by atoms with Crippen molar-refractivity contribution in [3.8, 4) is 0 Å². The van der Waals surface area contributed by atoms with Crippen LogP contribution < -0.4 is 5.46 Å². The summed E-state index contributed by atoms with van der Waals surface area (Å²) in [5.74, 6) is -0.405. The second-order valence-corrected chi connectivity index (χ2v) is 6.39. The van der Waals surface area contributed by atoms with Crippen LogP contribution in [0.2, 0.25) is 0 Å². The van der Waals surface area contributed by atoms with E-state index in [0.29, 0.717) is 5.46 Å². The van der Waals surface area contributed by atoms with Gasteiger partial charge in [0.2, 0.25) is 5.91 Å². The van der Waals surface area contributed by atoms with Gasteiger partial charge < -0.3 is 10.1 Å². The Morgan fingerprint density at radius 1 is 1.50 bits per heavy atom. The average Bonchev–Trinajstić information content (AvgIpc) is 2.38. The van der Waals surface area contributed by atoms with E-state index < -0.39 is 13.2 Å². The monoisotopic (exact) mass is 386 g/mol. The van der Waals surface area contributed by atoms with Crippen LogP contribution in [0.4, 0.5) is 0 Å². The molecule has 1 heterocycles. The van der Waals surface area contributed by atoms with Gasteiger partial charge in [0.05, 0.1) is 18.7 Å². The molecule has 0 bridgehead atoms. The van der Waals surface area contributed by atoms with E-state index in [1.54, 1.807) is 12.3 Å². The van der Waals surface area contributed by atoms with E-state index in [2.05, 4.69) is 27.7 Å². The van der Waals surface area contributed by atoms with E-state index >= 15 is 0 Å². The van der Waals surface area contributed by atoms with E-state index in [1.807, 2.05) is 26.0 Å². The molecular formula is C13H16BIN2O3. The SMILES string of the molecule is CC(C)C(O)CC(=O)N1N=Cc2cc(I)ccc2B1O. The highest BCUT2D eigenvalue weighted by molar-refractivity contribution is 14.1. The van der Waals surface area contributed by atoms with Gasteiger partial charge in [-0.1, -0.05) is 19.9 Å². The first-order valence-corrected chi connectivity index (χ1v) is 7.49. The summed E-state index contributed by atoms with van der Waals surface area (Å²) in [4.78, 5) is 13.1. The number of hydrogen-bond donors (Lipinski definition) is 2. The van der Waals surface area contributed by atoms with Gasteiger partial charge in [-0.15, -0.1) is 0 Å². The zero-order chi connectivity index (χ0) is 14.9. The van der Waals surface area contributed by atoms with Crippen molar-refractivity contribution in [2.45, 2.75) is 26.4 Å². The summed E-state index contributed by atoms with van der Waals surface area (Å²) in [7, 11) is -1.10. The number of amides is 1. The molecule has 20 heavy (non-hydrogen) atoms. The molecule has 7 heteroatoms. The van der Waals surface area contributed by atoms with Gasteiger partial charge in [-0.3, -0.25) is 4.79 Å². The number of hydrogen-bond acceptors (Lipinski definition) is 4. The summed E-state index contributed by atoms with van der Waals surface area (Å²) in [5.41, 5.74) is 1.45. The number of nitrogens with zero attached hydrogens (tertiary/aromatic N) is 2. The zero-order valence-electron chi connectivity index (χ0n) is 11.3. The Labute approximate surface area is 131 Å². The Kier molecular flexibility index (Phi) is 4.82. The van der Waals surface area contributed by atoms with Crippen LogP contribution in [0, 0.1) is 9.49 Å². The number of halogens is 1. The third kappa shape index (κ3) is 3.21. The second-order valence-electron chi connectivity index (χ2n) is 5.15. The van der Waals surface area contributed by atoms with Gasteiger partial charge in [0.15, 0.2) is 0 Å². The molecule has 0 radical (unpaired) electrons. The third-order valence-electron chi connectivity index (χ3n) is 3.29. The quantitative estimate of drug-likeness (QED) is 0.590. The Balaban J connectivity index is 2.17. The van der Waals surface area contributed by atoms with Crippen molar-refractivity contribution < 1.29 is 14.9 Å². The van der Waals surface area contributed by atoms with Crippen LogP contribution in [0.25, 0.3) is 0 Å². The summed E-state index contributed by atoms with van der Waals surface area (Å²) < 4.78 is 1.04. The number of hydrazone groups is 1. The average molecular weight is 386 g/mol. The molecule has 0 saturated carbocycles. The minimum absolute atomic E-state index is 0.0151. The molecule has 0 aromatic heterocycles. The van der Waals surface area contributed by atoms with E-state index in [9.17, 15) is 14.9 Å². The van der Waals surface area contributed by atoms with E-state index in [4.69, 9.17) is 0 Å². The van der Waals surface area contributed by atoms with E-state index in [0.717, 1.165) is 14.1 Å². The molecule has 0 spiro atoms. The highest BCUT2D eigenvalue weighted by atomic mass is 127. The molecule has 5 nitrogen and oxygen atoms in total. The molecule has 0 fully saturated rings. The maximum absolute atomic E-state index is 12.1. The summed E-state index contributed by atoms with van der Waals surface area (Å²) in [6, 6.07) is 5.55. The number of benzene rings is 1. The van der Waals surface area contributed by atoms with Crippen LogP contribution in [0.15, 0.2) is 23.3 Å². The fourth-order valence-corrected chi connectivity index (χ4v) is 2.44. The third-order valence-corrected chi connectivity index (χ3v) is 3.96. The minimum atomic E-state index is -1.10. The molecule has 2 N–H and O–H groups in total. The van der Waals surface area contributed by atoms with Gasteiger partial charge >= 0.3 is 7.05 Å². The standard InChI is InChI=1S/C13H16BIN2O3/c1-8(2)12(18)6-13(19)17-14(20)11-4-3-10(15)5-9(11)7-16-17/h3-5,7-8,12,18,20H,6H2,1-2H3. The van der Waals surface area contributed by atoms with Crippen LogP contribution in [0.3, 0.4) is 0 Å². The maximum Gasteiger partial charge on any atom is 0.474 e. The fourth-order valence-electron chi connectivity index (χ4n) is 1.92. The number of aliphatic hydroxyl groups excluding tert-OH is 1. The molecule has 0 saturated heterocycles. The first kappa shape index (κ1) is 15.5. The molecule has 0 aliphatic carbocycles. The fraction of sp³-hybridized carbons (Fsp3) is 0.385. The van der Waals surface area contributed by atoms with Gasteiger partial charge in [-0.05, 0) is 51.7 Å². The molecule has 1 atom stereocenters. The van der Waals surface area contributed by atoms with Crippen molar-refractivity contribution in [3.05, 3.63) is 27.3 Å².